The van der Waals surface area contributed by atoms with E-state index in [0.29, 0.717) is 25.2 Å². The molecule has 5 heteroatoms. The van der Waals surface area contributed by atoms with Crippen molar-refractivity contribution in [2.75, 3.05) is 0 Å². The highest BCUT2D eigenvalue weighted by atomic mass is 16.4. The van der Waals surface area contributed by atoms with Gasteiger partial charge in [0.05, 0.1) is 6.04 Å². The Morgan fingerprint density at radius 2 is 2.00 bits per heavy atom. The van der Waals surface area contributed by atoms with Crippen molar-refractivity contribution in [3.05, 3.63) is 0 Å². The number of carboxylic acids is 1. The van der Waals surface area contributed by atoms with Crippen LogP contribution in [0.2, 0.25) is 0 Å². The Hall–Kier alpha value is -1.10. The van der Waals surface area contributed by atoms with Crippen LogP contribution in [0.3, 0.4) is 0 Å². The van der Waals surface area contributed by atoms with Crippen molar-refractivity contribution in [3.8, 4) is 0 Å². The van der Waals surface area contributed by atoms with Gasteiger partial charge >= 0.3 is 5.97 Å². The Balaban J connectivity index is 2.69. The van der Waals surface area contributed by atoms with E-state index in [1.54, 1.807) is 0 Å². The number of carbonyl (C=O) groups is 2. The average molecular weight is 256 g/mol. The lowest BCUT2D eigenvalue weighted by atomic mass is 9.77. The SMILES string of the molecule is CCCC(N)C(=O)NC1(C(=O)O)CCC(C)CC1. The second-order valence-corrected chi connectivity index (χ2v) is 5.45. The van der Waals surface area contributed by atoms with Gasteiger partial charge in [-0.1, -0.05) is 20.3 Å². The van der Waals surface area contributed by atoms with Crippen molar-refractivity contribution < 1.29 is 14.7 Å². The summed E-state index contributed by atoms with van der Waals surface area (Å²) in [7, 11) is 0. The van der Waals surface area contributed by atoms with E-state index >= 15 is 0 Å². The van der Waals surface area contributed by atoms with Gasteiger partial charge in [0.15, 0.2) is 0 Å². The fraction of sp³-hybridized carbons (Fsp3) is 0.846. The summed E-state index contributed by atoms with van der Waals surface area (Å²) in [4.78, 5) is 23.3. The first-order chi connectivity index (χ1) is 8.41. The number of nitrogens with two attached hydrogens (primary N) is 1. The van der Waals surface area contributed by atoms with Gasteiger partial charge in [0, 0.05) is 0 Å². The van der Waals surface area contributed by atoms with Crippen molar-refractivity contribution in [2.45, 2.75) is 64.0 Å². The monoisotopic (exact) mass is 256 g/mol. The van der Waals surface area contributed by atoms with Crippen LogP contribution >= 0.6 is 0 Å². The van der Waals surface area contributed by atoms with Crippen LogP contribution in [-0.2, 0) is 9.59 Å². The van der Waals surface area contributed by atoms with E-state index in [1.165, 1.54) is 0 Å². The lowest BCUT2D eigenvalue weighted by Crippen LogP contribution is -2.59. The van der Waals surface area contributed by atoms with Crippen LogP contribution in [0.5, 0.6) is 0 Å². The zero-order valence-electron chi connectivity index (χ0n) is 11.2. The van der Waals surface area contributed by atoms with Crippen molar-refractivity contribution >= 4 is 11.9 Å². The largest absolute Gasteiger partial charge is 0.480 e. The van der Waals surface area contributed by atoms with E-state index in [9.17, 15) is 14.7 Å². The highest BCUT2D eigenvalue weighted by Gasteiger charge is 2.42. The molecule has 0 bridgehead atoms. The molecule has 1 rings (SSSR count). The average Bonchev–Trinajstić information content (AvgIpc) is 2.32. The van der Waals surface area contributed by atoms with Gasteiger partial charge in [-0.3, -0.25) is 4.79 Å². The molecule has 0 aliphatic heterocycles. The number of hydrogen-bond donors (Lipinski definition) is 3. The van der Waals surface area contributed by atoms with Gasteiger partial charge in [0.1, 0.15) is 5.54 Å². The van der Waals surface area contributed by atoms with Crippen molar-refractivity contribution in [1.82, 2.24) is 5.32 Å². The molecule has 1 fully saturated rings. The van der Waals surface area contributed by atoms with E-state index in [2.05, 4.69) is 12.2 Å². The van der Waals surface area contributed by atoms with E-state index < -0.39 is 17.6 Å². The van der Waals surface area contributed by atoms with Crippen LogP contribution in [0.25, 0.3) is 0 Å². The van der Waals surface area contributed by atoms with Crippen LogP contribution in [0.1, 0.15) is 52.4 Å². The summed E-state index contributed by atoms with van der Waals surface area (Å²) in [6.45, 7) is 4.05. The molecule has 1 amide bonds. The zero-order chi connectivity index (χ0) is 13.8. The first-order valence-electron chi connectivity index (χ1n) is 6.72. The van der Waals surface area contributed by atoms with Gasteiger partial charge in [-0.2, -0.15) is 0 Å². The second-order valence-electron chi connectivity index (χ2n) is 5.45. The fourth-order valence-corrected chi connectivity index (χ4v) is 2.42. The Kier molecular flexibility index (Phi) is 5.14. The molecule has 1 aliphatic rings. The van der Waals surface area contributed by atoms with Crippen LogP contribution in [0, 0.1) is 5.92 Å². The van der Waals surface area contributed by atoms with Crippen LogP contribution in [-0.4, -0.2) is 28.6 Å². The molecular formula is C13H24N2O3. The molecular weight excluding hydrogens is 232 g/mol. The summed E-state index contributed by atoms with van der Waals surface area (Å²) >= 11 is 0. The van der Waals surface area contributed by atoms with Gasteiger partial charge in [-0.25, -0.2) is 4.79 Å². The van der Waals surface area contributed by atoms with Gasteiger partial charge in [-0.15, -0.1) is 0 Å². The molecule has 0 heterocycles. The second kappa shape index (κ2) is 6.18. The van der Waals surface area contributed by atoms with E-state index in [0.717, 1.165) is 19.3 Å². The molecule has 1 atom stereocenters. The molecule has 0 aromatic heterocycles. The quantitative estimate of drug-likeness (QED) is 0.690. The molecule has 18 heavy (non-hydrogen) atoms. The third kappa shape index (κ3) is 3.45. The third-order valence-corrected chi connectivity index (χ3v) is 3.84. The first kappa shape index (κ1) is 15.0. The molecule has 4 N–H and O–H groups in total. The topological polar surface area (TPSA) is 92.4 Å². The maximum absolute atomic E-state index is 11.9. The summed E-state index contributed by atoms with van der Waals surface area (Å²) < 4.78 is 0. The molecule has 5 nitrogen and oxygen atoms in total. The molecule has 0 spiro atoms. The fourth-order valence-electron chi connectivity index (χ4n) is 2.42. The highest BCUT2D eigenvalue weighted by Crippen LogP contribution is 2.32. The minimum absolute atomic E-state index is 0.339. The lowest BCUT2D eigenvalue weighted by Gasteiger charge is -2.37. The van der Waals surface area contributed by atoms with E-state index in [4.69, 9.17) is 5.73 Å². The van der Waals surface area contributed by atoms with Gasteiger partial charge in [-0.05, 0) is 38.0 Å². The third-order valence-electron chi connectivity index (χ3n) is 3.84. The maximum Gasteiger partial charge on any atom is 0.329 e. The Labute approximate surface area is 108 Å². The predicted octanol–water partition coefficient (Wildman–Crippen LogP) is 1.26. The molecule has 1 saturated carbocycles. The highest BCUT2D eigenvalue weighted by molar-refractivity contribution is 5.89. The summed E-state index contributed by atoms with van der Waals surface area (Å²) in [6, 6.07) is -0.606. The van der Waals surface area contributed by atoms with Crippen molar-refractivity contribution in [3.63, 3.8) is 0 Å². The minimum atomic E-state index is -1.10. The summed E-state index contributed by atoms with van der Waals surface area (Å²) in [5.74, 6) is -0.751. The lowest BCUT2D eigenvalue weighted by molar-refractivity contribution is -0.149. The van der Waals surface area contributed by atoms with Gasteiger partial charge in [0.25, 0.3) is 0 Å². The standard InChI is InChI=1S/C13H24N2O3/c1-3-4-10(14)11(16)15-13(12(17)18)7-5-9(2)6-8-13/h9-10H,3-8,14H2,1-2H3,(H,15,16)(H,17,18). The number of carboxylic acid groups (broad SMARTS) is 1. The number of nitrogens with one attached hydrogen (secondary N) is 1. The Morgan fingerprint density at radius 3 is 2.44 bits per heavy atom. The number of carbonyl (C=O) groups excluding carboxylic acids is 1. The number of amides is 1. The molecule has 0 radical (unpaired) electrons. The van der Waals surface area contributed by atoms with Crippen molar-refractivity contribution in [2.24, 2.45) is 11.7 Å². The summed E-state index contributed by atoms with van der Waals surface area (Å²) in [5.41, 5.74) is 4.62. The van der Waals surface area contributed by atoms with E-state index in [-0.39, 0.29) is 5.91 Å². The molecule has 0 saturated heterocycles. The Bertz CT molecular complexity index is 309. The number of hydrogen-bond acceptors (Lipinski definition) is 3. The molecule has 1 aliphatic carbocycles. The minimum Gasteiger partial charge on any atom is -0.480 e. The van der Waals surface area contributed by atoms with Crippen molar-refractivity contribution in [1.29, 1.82) is 0 Å². The van der Waals surface area contributed by atoms with Crippen LogP contribution < -0.4 is 11.1 Å². The number of aliphatic carboxylic acids is 1. The zero-order valence-corrected chi connectivity index (χ0v) is 11.2. The van der Waals surface area contributed by atoms with Crippen LogP contribution in [0.15, 0.2) is 0 Å². The predicted molar refractivity (Wildman–Crippen MR) is 69.0 cm³/mol. The maximum atomic E-state index is 11.9. The molecule has 1 unspecified atom stereocenters. The smallest absolute Gasteiger partial charge is 0.329 e. The summed E-state index contributed by atoms with van der Waals surface area (Å²) in [6.07, 6.45) is 4.04. The number of rotatable bonds is 5. The Morgan fingerprint density at radius 1 is 1.44 bits per heavy atom. The first-order valence-corrected chi connectivity index (χ1v) is 6.72. The van der Waals surface area contributed by atoms with Gasteiger partial charge < -0.3 is 16.2 Å². The van der Waals surface area contributed by atoms with E-state index in [1.807, 2.05) is 6.92 Å². The summed E-state index contributed by atoms with van der Waals surface area (Å²) in [5, 5.41) is 12.1. The molecule has 0 aromatic carbocycles. The molecule has 0 aromatic rings. The van der Waals surface area contributed by atoms with Gasteiger partial charge in [0.2, 0.25) is 5.91 Å². The van der Waals surface area contributed by atoms with Crippen LogP contribution in [0.4, 0.5) is 0 Å². The molecule has 104 valence electrons. The normalized spacial score (nSPS) is 29.6.